The van der Waals surface area contributed by atoms with Crippen LogP contribution in [0.5, 0.6) is 0 Å². The maximum absolute atomic E-state index is 12.2. The first-order valence-corrected chi connectivity index (χ1v) is 8.92. The van der Waals surface area contributed by atoms with E-state index in [1.807, 2.05) is 31.2 Å². The van der Waals surface area contributed by atoms with Crippen LogP contribution in [0.15, 0.2) is 41.3 Å². The van der Waals surface area contributed by atoms with Crippen LogP contribution in [-0.2, 0) is 0 Å². The van der Waals surface area contributed by atoms with Crippen molar-refractivity contribution in [2.75, 3.05) is 14.1 Å². The van der Waals surface area contributed by atoms with Crippen LogP contribution in [0.25, 0.3) is 21.3 Å². The van der Waals surface area contributed by atoms with Gasteiger partial charge in [-0.15, -0.1) is 11.3 Å². The Balaban J connectivity index is 2.20. The van der Waals surface area contributed by atoms with Crippen molar-refractivity contribution in [3.05, 3.63) is 47.0 Å². The summed E-state index contributed by atoms with van der Waals surface area (Å²) in [7, 11) is 3.48. The van der Waals surface area contributed by atoms with E-state index in [2.05, 4.69) is 11.1 Å². The van der Waals surface area contributed by atoms with E-state index in [4.69, 9.17) is 5.26 Å². The number of thioether (sulfide) groups is 1. The van der Waals surface area contributed by atoms with Crippen LogP contribution >= 0.6 is 23.1 Å². The average molecular weight is 353 g/mol. The van der Waals surface area contributed by atoms with Gasteiger partial charge in [-0.05, 0) is 48.5 Å². The second-order valence-electron chi connectivity index (χ2n) is 5.47. The van der Waals surface area contributed by atoms with Gasteiger partial charge in [0.05, 0.1) is 26.9 Å². The number of benzene rings is 2. The Labute approximate surface area is 148 Å². The SMILES string of the molecule is Cc1nc2ccc(SC(=O)N(C)C)c(-c3ccc(C#N)cc3)c2s1. The topological polar surface area (TPSA) is 57.0 Å². The highest BCUT2D eigenvalue weighted by Crippen LogP contribution is 2.40. The third-order valence-electron chi connectivity index (χ3n) is 3.49. The van der Waals surface area contributed by atoms with E-state index in [9.17, 15) is 4.79 Å². The molecule has 120 valence electrons. The van der Waals surface area contributed by atoms with E-state index in [1.54, 1.807) is 42.5 Å². The number of thiazole rings is 1. The van der Waals surface area contributed by atoms with Gasteiger partial charge in [0, 0.05) is 24.6 Å². The van der Waals surface area contributed by atoms with Crippen LogP contribution < -0.4 is 0 Å². The molecule has 6 heteroatoms. The largest absolute Gasteiger partial charge is 0.339 e. The van der Waals surface area contributed by atoms with Crippen molar-refractivity contribution in [3.8, 4) is 17.2 Å². The lowest BCUT2D eigenvalue weighted by Crippen LogP contribution is -2.16. The predicted octanol–water partition coefficient (Wildman–Crippen LogP) is 4.92. The Bertz CT molecular complexity index is 953. The third-order valence-corrected chi connectivity index (χ3v) is 5.60. The van der Waals surface area contributed by atoms with Crippen molar-refractivity contribution in [2.45, 2.75) is 11.8 Å². The molecule has 0 unspecified atom stereocenters. The van der Waals surface area contributed by atoms with Gasteiger partial charge in [-0.1, -0.05) is 12.1 Å². The Kier molecular flexibility index (Phi) is 4.56. The number of rotatable bonds is 2. The van der Waals surface area contributed by atoms with Gasteiger partial charge in [0.25, 0.3) is 5.24 Å². The fraction of sp³-hybridized carbons (Fsp3) is 0.167. The minimum Gasteiger partial charge on any atom is -0.339 e. The number of aromatic nitrogens is 1. The Morgan fingerprint density at radius 1 is 1.21 bits per heavy atom. The first-order chi connectivity index (χ1) is 11.5. The first-order valence-electron chi connectivity index (χ1n) is 7.29. The van der Waals surface area contributed by atoms with Gasteiger partial charge < -0.3 is 4.90 Å². The van der Waals surface area contributed by atoms with Gasteiger partial charge in [0.15, 0.2) is 0 Å². The monoisotopic (exact) mass is 353 g/mol. The van der Waals surface area contributed by atoms with E-state index in [-0.39, 0.29) is 5.24 Å². The summed E-state index contributed by atoms with van der Waals surface area (Å²) in [5.41, 5.74) is 3.53. The molecular weight excluding hydrogens is 338 g/mol. The van der Waals surface area contributed by atoms with Crippen LogP contribution in [0.3, 0.4) is 0 Å². The minimum atomic E-state index is -0.0227. The van der Waals surface area contributed by atoms with E-state index in [1.165, 1.54) is 11.8 Å². The summed E-state index contributed by atoms with van der Waals surface area (Å²) in [6, 6.07) is 13.5. The molecular formula is C18H15N3OS2. The van der Waals surface area contributed by atoms with E-state index in [0.29, 0.717) is 5.56 Å². The lowest BCUT2D eigenvalue weighted by Gasteiger charge is -2.13. The van der Waals surface area contributed by atoms with E-state index < -0.39 is 0 Å². The van der Waals surface area contributed by atoms with Crippen molar-refractivity contribution < 1.29 is 4.79 Å². The summed E-state index contributed by atoms with van der Waals surface area (Å²) in [5.74, 6) is 0. The second-order valence-corrected chi connectivity index (χ2v) is 7.67. The standard InChI is InChI=1S/C18H15N3OS2/c1-11-20-14-8-9-15(24-18(22)21(2)3)16(17(14)23-11)13-6-4-12(10-19)5-7-13/h4-9H,1-3H3. The number of hydrogen-bond donors (Lipinski definition) is 0. The quantitative estimate of drug-likeness (QED) is 0.614. The molecule has 3 aromatic rings. The fourth-order valence-corrected chi connectivity index (χ4v) is 4.22. The smallest absolute Gasteiger partial charge is 0.285 e. The van der Waals surface area contributed by atoms with Gasteiger partial charge in [-0.2, -0.15) is 5.26 Å². The van der Waals surface area contributed by atoms with Crippen LogP contribution in [0.2, 0.25) is 0 Å². The molecule has 1 aromatic heterocycles. The zero-order valence-electron chi connectivity index (χ0n) is 13.5. The third kappa shape index (κ3) is 3.14. The number of nitrogens with zero attached hydrogens (tertiary/aromatic N) is 3. The highest BCUT2D eigenvalue weighted by atomic mass is 32.2. The van der Waals surface area contributed by atoms with Gasteiger partial charge in [0.2, 0.25) is 0 Å². The molecule has 0 bridgehead atoms. The molecule has 0 radical (unpaired) electrons. The molecule has 4 nitrogen and oxygen atoms in total. The van der Waals surface area contributed by atoms with E-state index >= 15 is 0 Å². The molecule has 0 fully saturated rings. The zero-order valence-corrected chi connectivity index (χ0v) is 15.2. The number of amides is 1. The van der Waals surface area contributed by atoms with E-state index in [0.717, 1.165) is 31.2 Å². The number of fused-ring (bicyclic) bond motifs is 1. The second kappa shape index (κ2) is 6.63. The fourth-order valence-electron chi connectivity index (χ4n) is 2.34. The minimum absolute atomic E-state index is 0.0227. The summed E-state index contributed by atoms with van der Waals surface area (Å²) in [6.07, 6.45) is 0. The summed E-state index contributed by atoms with van der Waals surface area (Å²) < 4.78 is 1.06. The lowest BCUT2D eigenvalue weighted by molar-refractivity contribution is 0.241. The molecule has 0 aliphatic carbocycles. The number of aryl methyl sites for hydroxylation is 1. The van der Waals surface area contributed by atoms with Gasteiger partial charge in [0.1, 0.15) is 0 Å². The lowest BCUT2D eigenvalue weighted by atomic mass is 10.0. The van der Waals surface area contributed by atoms with Crippen molar-refractivity contribution in [1.82, 2.24) is 9.88 Å². The van der Waals surface area contributed by atoms with Gasteiger partial charge >= 0.3 is 0 Å². The molecule has 3 rings (SSSR count). The molecule has 2 aromatic carbocycles. The molecule has 0 aliphatic rings. The van der Waals surface area contributed by atoms with Crippen molar-refractivity contribution in [1.29, 1.82) is 5.26 Å². The number of carbonyl (C=O) groups excluding carboxylic acids is 1. The Morgan fingerprint density at radius 2 is 1.92 bits per heavy atom. The Morgan fingerprint density at radius 3 is 2.54 bits per heavy atom. The highest BCUT2D eigenvalue weighted by molar-refractivity contribution is 8.13. The molecule has 0 N–H and O–H groups in total. The Hall–Kier alpha value is -2.36. The normalized spacial score (nSPS) is 10.6. The van der Waals surface area contributed by atoms with Crippen LogP contribution in [0, 0.1) is 18.3 Å². The molecule has 0 spiro atoms. The number of nitriles is 1. The zero-order chi connectivity index (χ0) is 17.3. The number of hydrogen-bond acceptors (Lipinski definition) is 5. The summed E-state index contributed by atoms with van der Waals surface area (Å²) >= 11 is 2.83. The molecule has 0 aliphatic heterocycles. The molecule has 1 amide bonds. The predicted molar refractivity (Wildman–Crippen MR) is 99.4 cm³/mol. The van der Waals surface area contributed by atoms with Crippen molar-refractivity contribution in [3.63, 3.8) is 0 Å². The van der Waals surface area contributed by atoms with Crippen LogP contribution in [-0.4, -0.2) is 29.2 Å². The van der Waals surface area contributed by atoms with Crippen molar-refractivity contribution in [2.24, 2.45) is 0 Å². The summed E-state index contributed by atoms with van der Waals surface area (Å²) in [6.45, 7) is 1.98. The van der Waals surface area contributed by atoms with Crippen LogP contribution in [0.4, 0.5) is 4.79 Å². The molecule has 0 atom stereocenters. The molecule has 24 heavy (non-hydrogen) atoms. The first kappa shape index (κ1) is 16.5. The van der Waals surface area contributed by atoms with Crippen molar-refractivity contribution >= 4 is 38.6 Å². The van der Waals surface area contributed by atoms with Crippen LogP contribution in [0.1, 0.15) is 10.6 Å². The maximum atomic E-state index is 12.2. The number of carbonyl (C=O) groups is 1. The summed E-state index contributed by atoms with van der Waals surface area (Å²) in [5, 5.41) is 9.96. The molecule has 1 heterocycles. The van der Waals surface area contributed by atoms with Gasteiger partial charge in [-0.25, -0.2) is 4.98 Å². The molecule has 0 saturated carbocycles. The maximum Gasteiger partial charge on any atom is 0.285 e. The summed E-state index contributed by atoms with van der Waals surface area (Å²) in [4.78, 5) is 19.2. The average Bonchev–Trinajstić information content (AvgIpc) is 2.95. The highest BCUT2D eigenvalue weighted by Gasteiger charge is 2.17. The van der Waals surface area contributed by atoms with Gasteiger partial charge in [-0.3, -0.25) is 4.79 Å². The molecule has 0 saturated heterocycles.